The number of carbonyl (C=O) groups excluding carboxylic acids is 1. The predicted octanol–water partition coefficient (Wildman–Crippen LogP) is 0.170. The second-order valence-corrected chi connectivity index (χ2v) is 4.83. The van der Waals surface area contributed by atoms with Crippen LogP contribution in [0.15, 0.2) is 12.4 Å². The maximum atomic E-state index is 12.3. The first-order valence-electron chi connectivity index (χ1n) is 6.61. The van der Waals surface area contributed by atoms with Crippen molar-refractivity contribution in [2.24, 2.45) is 0 Å². The number of aromatic nitrogens is 4. The van der Waals surface area contributed by atoms with E-state index in [1.54, 1.807) is 12.4 Å². The van der Waals surface area contributed by atoms with E-state index in [1.165, 1.54) is 7.11 Å². The number of nitrogens with one attached hydrogen (secondary N) is 3. The number of carbonyl (C=O) groups is 1. The van der Waals surface area contributed by atoms with Gasteiger partial charge >= 0.3 is 0 Å². The van der Waals surface area contributed by atoms with Crippen LogP contribution in [0.5, 0.6) is 5.88 Å². The van der Waals surface area contributed by atoms with E-state index in [1.807, 2.05) is 6.92 Å². The summed E-state index contributed by atoms with van der Waals surface area (Å²) in [6.07, 6.45) is 2.18. The first-order valence-corrected chi connectivity index (χ1v) is 6.61. The zero-order valence-corrected chi connectivity index (χ0v) is 11.8. The Labute approximate surface area is 121 Å². The highest BCUT2D eigenvalue weighted by Crippen LogP contribution is 2.15. The van der Waals surface area contributed by atoms with Gasteiger partial charge in [0.25, 0.3) is 0 Å². The van der Waals surface area contributed by atoms with Gasteiger partial charge in [-0.3, -0.25) is 15.4 Å². The molecule has 3 heterocycles. The number of imidazole rings is 1. The smallest absolute Gasteiger partial charge is 0.244 e. The molecule has 1 aliphatic heterocycles. The number of amides is 1. The molecule has 8 heteroatoms. The van der Waals surface area contributed by atoms with Gasteiger partial charge in [0.15, 0.2) is 0 Å². The molecule has 8 nitrogen and oxygen atoms in total. The van der Waals surface area contributed by atoms with Crippen molar-refractivity contribution in [1.82, 2.24) is 25.3 Å². The van der Waals surface area contributed by atoms with Crippen molar-refractivity contribution in [3.63, 3.8) is 0 Å². The number of aryl methyl sites for hydroxylation is 1. The second kappa shape index (κ2) is 5.49. The lowest BCUT2D eigenvalue weighted by Crippen LogP contribution is -2.45. The van der Waals surface area contributed by atoms with Crippen LogP contribution in [0.2, 0.25) is 0 Å². The Bertz CT molecular complexity index is 668. The highest BCUT2D eigenvalue weighted by atomic mass is 16.5. The van der Waals surface area contributed by atoms with E-state index in [0.717, 1.165) is 17.1 Å². The Kier molecular flexibility index (Phi) is 3.53. The molecule has 0 fully saturated rings. The van der Waals surface area contributed by atoms with E-state index in [4.69, 9.17) is 4.74 Å². The fourth-order valence-corrected chi connectivity index (χ4v) is 2.25. The van der Waals surface area contributed by atoms with E-state index in [2.05, 4.69) is 30.6 Å². The van der Waals surface area contributed by atoms with Crippen LogP contribution in [0.3, 0.4) is 0 Å². The number of nitrogens with zero attached hydrogens (tertiary/aromatic N) is 3. The fraction of sp³-hybridized carbons (Fsp3) is 0.385. The highest BCUT2D eigenvalue weighted by Gasteiger charge is 2.26. The molecule has 3 rings (SSSR count). The number of rotatable bonds is 3. The molecule has 0 aliphatic carbocycles. The van der Waals surface area contributed by atoms with Crippen LogP contribution in [-0.4, -0.2) is 39.0 Å². The maximum Gasteiger partial charge on any atom is 0.244 e. The highest BCUT2D eigenvalue weighted by molar-refractivity contribution is 5.93. The zero-order chi connectivity index (χ0) is 14.8. The van der Waals surface area contributed by atoms with Crippen molar-refractivity contribution < 1.29 is 9.53 Å². The number of anilines is 1. The molecular formula is C13H16N6O2. The molecule has 0 saturated carbocycles. The first kappa shape index (κ1) is 13.5. The van der Waals surface area contributed by atoms with E-state index in [9.17, 15) is 4.79 Å². The summed E-state index contributed by atoms with van der Waals surface area (Å²) in [6.45, 7) is 2.40. The van der Waals surface area contributed by atoms with Crippen molar-refractivity contribution >= 4 is 11.9 Å². The quantitative estimate of drug-likeness (QED) is 0.743. The Morgan fingerprint density at radius 1 is 1.48 bits per heavy atom. The van der Waals surface area contributed by atoms with Crippen LogP contribution in [0.4, 0.5) is 5.95 Å². The molecule has 0 saturated heterocycles. The van der Waals surface area contributed by atoms with Crippen LogP contribution in [0.1, 0.15) is 17.1 Å². The fourth-order valence-electron chi connectivity index (χ4n) is 2.25. The van der Waals surface area contributed by atoms with Gasteiger partial charge in [-0.05, 0) is 6.92 Å². The summed E-state index contributed by atoms with van der Waals surface area (Å²) in [5, 5.41) is 5.86. The SMILES string of the molecule is COc1cc(C)nc(NC(=O)C2Cc3nc[nH]c3CN2)n1. The van der Waals surface area contributed by atoms with Gasteiger partial charge in [0, 0.05) is 24.7 Å². The Hall–Kier alpha value is -2.48. The molecule has 1 amide bonds. The summed E-state index contributed by atoms with van der Waals surface area (Å²) in [5.74, 6) is 0.478. The molecular weight excluding hydrogens is 272 g/mol. The topological polar surface area (TPSA) is 105 Å². The van der Waals surface area contributed by atoms with E-state index in [-0.39, 0.29) is 17.9 Å². The third kappa shape index (κ3) is 2.84. The van der Waals surface area contributed by atoms with Crippen molar-refractivity contribution in [3.05, 3.63) is 29.5 Å². The van der Waals surface area contributed by atoms with Gasteiger partial charge in [-0.25, -0.2) is 9.97 Å². The number of fused-ring (bicyclic) bond motifs is 1. The van der Waals surface area contributed by atoms with Crippen LogP contribution in [0, 0.1) is 6.92 Å². The lowest BCUT2D eigenvalue weighted by Gasteiger charge is -2.21. The summed E-state index contributed by atoms with van der Waals surface area (Å²) in [4.78, 5) is 27.8. The third-order valence-electron chi connectivity index (χ3n) is 3.32. The molecule has 0 bridgehead atoms. The molecule has 21 heavy (non-hydrogen) atoms. The number of hydrogen-bond donors (Lipinski definition) is 3. The number of methoxy groups -OCH3 is 1. The lowest BCUT2D eigenvalue weighted by molar-refractivity contribution is -0.118. The van der Waals surface area contributed by atoms with Crippen LogP contribution in [0.25, 0.3) is 0 Å². The van der Waals surface area contributed by atoms with Crippen LogP contribution in [-0.2, 0) is 17.8 Å². The average Bonchev–Trinajstić information content (AvgIpc) is 2.93. The van der Waals surface area contributed by atoms with E-state index in [0.29, 0.717) is 18.8 Å². The molecule has 2 aromatic rings. The largest absolute Gasteiger partial charge is 0.481 e. The van der Waals surface area contributed by atoms with Gasteiger partial charge in [0.2, 0.25) is 17.7 Å². The molecule has 1 aliphatic rings. The van der Waals surface area contributed by atoms with E-state index < -0.39 is 0 Å². The van der Waals surface area contributed by atoms with Gasteiger partial charge in [-0.15, -0.1) is 0 Å². The summed E-state index contributed by atoms with van der Waals surface area (Å²) >= 11 is 0. The van der Waals surface area contributed by atoms with Gasteiger partial charge in [-0.2, -0.15) is 4.98 Å². The van der Waals surface area contributed by atoms with Crippen LogP contribution < -0.4 is 15.4 Å². The number of ether oxygens (including phenoxy) is 1. The van der Waals surface area contributed by atoms with Gasteiger partial charge < -0.3 is 9.72 Å². The standard InChI is InChI=1S/C13H16N6O2/c1-7-3-11(21-2)18-13(17-7)19-12(20)9-4-8-10(5-14-9)16-6-15-8/h3,6,9,14H,4-5H2,1-2H3,(H,15,16)(H,17,18,19,20). The molecule has 3 N–H and O–H groups in total. The minimum absolute atomic E-state index is 0.184. The Morgan fingerprint density at radius 2 is 2.33 bits per heavy atom. The molecule has 2 aromatic heterocycles. The normalized spacial score (nSPS) is 17.1. The van der Waals surface area contributed by atoms with Crippen LogP contribution >= 0.6 is 0 Å². The van der Waals surface area contributed by atoms with Gasteiger partial charge in [0.1, 0.15) is 0 Å². The summed E-state index contributed by atoms with van der Waals surface area (Å²) < 4.78 is 5.07. The molecule has 0 radical (unpaired) electrons. The predicted molar refractivity (Wildman–Crippen MR) is 74.9 cm³/mol. The Morgan fingerprint density at radius 3 is 3.14 bits per heavy atom. The van der Waals surface area contributed by atoms with Crippen molar-refractivity contribution in [3.8, 4) is 5.88 Å². The van der Waals surface area contributed by atoms with Crippen molar-refractivity contribution in [1.29, 1.82) is 0 Å². The summed E-state index contributed by atoms with van der Waals surface area (Å²) in [6, 6.07) is 1.35. The maximum absolute atomic E-state index is 12.3. The average molecular weight is 288 g/mol. The van der Waals surface area contributed by atoms with Crippen molar-refractivity contribution in [2.75, 3.05) is 12.4 Å². The number of H-pyrrole nitrogens is 1. The number of aromatic amines is 1. The second-order valence-electron chi connectivity index (χ2n) is 4.83. The zero-order valence-electron chi connectivity index (χ0n) is 11.8. The summed E-state index contributed by atoms with van der Waals surface area (Å²) in [5.41, 5.74) is 2.66. The van der Waals surface area contributed by atoms with E-state index >= 15 is 0 Å². The minimum Gasteiger partial charge on any atom is -0.481 e. The van der Waals surface area contributed by atoms with Gasteiger partial charge in [-0.1, -0.05) is 0 Å². The van der Waals surface area contributed by atoms with Crippen molar-refractivity contribution in [2.45, 2.75) is 25.9 Å². The lowest BCUT2D eigenvalue weighted by atomic mass is 10.1. The molecule has 0 aromatic carbocycles. The third-order valence-corrected chi connectivity index (χ3v) is 3.32. The Balaban J connectivity index is 1.71. The molecule has 1 unspecified atom stereocenters. The van der Waals surface area contributed by atoms with Gasteiger partial charge in [0.05, 0.1) is 30.9 Å². The first-order chi connectivity index (χ1) is 10.2. The summed E-state index contributed by atoms with van der Waals surface area (Å²) in [7, 11) is 1.52. The monoisotopic (exact) mass is 288 g/mol. The number of hydrogen-bond acceptors (Lipinski definition) is 6. The molecule has 1 atom stereocenters. The molecule has 0 spiro atoms. The minimum atomic E-state index is -0.351. The molecule has 110 valence electrons.